The maximum Gasteiger partial charge on any atom is 0.255 e. The number of carbonyl (C=O) groups excluding carboxylic acids is 1. The van der Waals surface area contributed by atoms with Gasteiger partial charge in [0.05, 0.1) is 22.2 Å². The molecule has 1 aromatic carbocycles. The molecule has 2 rings (SSSR count). The molecule has 0 bridgehead atoms. The van der Waals surface area contributed by atoms with Crippen molar-refractivity contribution >= 4 is 21.8 Å². The molecular formula is C12H14BrFN2O2. The van der Waals surface area contributed by atoms with Gasteiger partial charge in [-0.25, -0.2) is 4.39 Å². The van der Waals surface area contributed by atoms with Gasteiger partial charge in [0.15, 0.2) is 0 Å². The summed E-state index contributed by atoms with van der Waals surface area (Å²) in [6.07, 6.45) is -0.591. The molecule has 6 heteroatoms. The summed E-state index contributed by atoms with van der Waals surface area (Å²) in [4.78, 5) is 13.7. The predicted molar refractivity (Wildman–Crippen MR) is 68.9 cm³/mol. The monoisotopic (exact) mass is 316 g/mol. The fourth-order valence-corrected chi connectivity index (χ4v) is 2.49. The van der Waals surface area contributed by atoms with Crippen LogP contribution >= 0.6 is 15.9 Å². The van der Waals surface area contributed by atoms with Crippen LogP contribution in [0.4, 0.5) is 4.39 Å². The number of benzene rings is 1. The number of amides is 1. The van der Waals surface area contributed by atoms with E-state index in [1.54, 1.807) is 13.1 Å². The second kappa shape index (κ2) is 5.34. The summed E-state index contributed by atoms with van der Waals surface area (Å²) < 4.78 is 13.5. The number of likely N-dealkylation sites (N-methyl/N-ethyl adjacent to an activating group) is 1. The first kappa shape index (κ1) is 13.5. The Kier molecular flexibility index (Phi) is 3.99. The lowest BCUT2D eigenvalue weighted by molar-refractivity contribution is 0.0580. The number of hydrogen-bond acceptors (Lipinski definition) is 3. The van der Waals surface area contributed by atoms with Gasteiger partial charge in [0, 0.05) is 20.1 Å². The summed E-state index contributed by atoms with van der Waals surface area (Å²) in [5.74, 6) is -0.784. The van der Waals surface area contributed by atoms with Crippen LogP contribution in [0.2, 0.25) is 0 Å². The topological polar surface area (TPSA) is 52.6 Å². The number of carbonyl (C=O) groups is 1. The van der Waals surface area contributed by atoms with E-state index in [-0.39, 0.29) is 22.0 Å². The van der Waals surface area contributed by atoms with Gasteiger partial charge < -0.3 is 15.3 Å². The molecule has 1 aromatic rings. The Morgan fingerprint density at radius 2 is 2.28 bits per heavy atom. The van der Waals surface area contributed by atoms with Crippen molar-refractivity contribution in [2.45, 2.75) is 12.1 Å². The number of aliphatic hydroxyl groups is 1. The van der Waals surface area contributed by atoms with Crippen LogP contribution in [0.1, 0.15) is 10.4 Å². The highest BCUT2D eigenvalue weighted by atomic mass is 79.9. The molecule has 0 saturated carbocycles. The average Bonchev–Trinajstić information content (AvgIpc) is 2.77. The number of nitrogens with zero attached hydrogens (tertiary/aromatic N) is 1. The Morgan fingerprint density at radius 1 is 1.56 bits per heavy atom. The lowest BCUT2D eigenvalue weighted by Crippen LogP contribution is -2.44. The largest absolute Gasteiger partial charge is 0.390 e. The third kappa shape index (κ3) is 2.41. The van der Waals surface area contributed by atoms with Gasteiger partial charge in [0.2, 0.25) is 0 Å². The van der Waals surface area contributed by atoms with Gasteiger partial charge in [-0.15, -0.1) is 0 Å². The first-order chi connectivity index (χ1) is 8.52. The third-order valence-corrected chi connectivity index (χ3v) is 3.96. The van der Waals surface area contributed by atoms with Crippen molar-refractivity contribution in [1.29, 1.82) is 0 Å². The van der Waals surface area contributed by atoms with E-state index in [0.29, 0.717) is 13.1 Å². The molecule has 1 aliphatic rings. The highest BCUT2D eigenvalue weighted by Crippen LogP contribution is 2.22. The van der Waals surface area contributed by atoms with E-state index in [4.69, 9.17) is 0 Å². The summed E-state index contributed by atoms with van der Waals surface area (Å²) in [7, 11) is 1.61. The molecule has 1 aliphatic heterocycles. The van der Waals surface area contributed by atoms with E-state index in [1.807, 2.05) is 0 Å². The van der Waals surface area contributed by atoms with Gasteiger partial charge in [-0.1, -0.05) is 6.07 Å². The number of halogens is 2. The standard InChI is InChI=1S/C12H14BrFN2O2/c1-16(9-5-15-6-10(9)17)12(18)7-3-2-4-8(14)11(7)13/h2-4,9-10,15,17H,5-6H2,1H3/t9-,10-/m1/s1. The molecule has 1 fully saturated rings. The molecule has 1 heterocycles. The van der Waals surface area contributed by atoms with E-state index >= 15 is 0 Å². The molecule has 0 radical (unpaired) electrons. The predicted octanol–water partition coefficient (Wildman–Crippen LogP) is 0.993. The van der Waals surface area contributed by atoms with Crippen molar-refractivity contribution in [1.82, 2.24) is 10.2 Å². The zero-order valence-corrected chi connectivity index (χ0v) is 11.4. The van der Waals surface area contributed by atoms with Crippen LogP contribution in [0.25, 0.3) is 0 Å². The van der Waals surface area contributed by atoms with E-state index in [2.05, 4.69) is 21.2 Å². The fraction of sp³-hybridized carbons (Fsp3) is 0.417. The smallest absolute Gasteiger partial charge is 0.255 e. The Morgan fingerprint density at radius 3 is 2.89 bits per heavy atom. The molecule has 1 saturated heterocycles. The maximum absolute atomic E-state index is 13.4. The van der Waals surface area contributed by atoms with Crippen molar-refractivity contribution < 1.29 is 14.3 Å². The lowest BCUT2D eigenvalue weighted by atomic mass is 10.1. The zero-order chi connectivity index (χ0) is 13.3. The second-order valence-electron chi connectivity index (χ2n) is 4.31. The Bertz CT molecular complexity index is 469. The molecule has 98 valence electrons. The summed E-state index contributed by atoms with van der Waals surface area (Å²) in [6, 6.07) is 4.05. The molecule has 0 aliphatic carbocycles. The van der Waals surface area contributed by atoms with Crippen LogP contribution in [0.5, 0.6) is 0 Å². The normalized spacial score (nSPS) is 23.1. The van der Waals surface area contributed by atoms with Crippen molar-refractivity contribution in [2.24, 2.45) is 0 Å². The number of rotatable bonds is 2. The Hall–Kier alpha value is -0.980. The number of β-amino-alcohol motifs (C(OH)–C–C–N with tert-alkyl or cyclic N) is 1. The van der Waals surface area contributed by atoms with Crippen molar-refractivity contribution in [3.05, 3.63) is 34.1 Å². The van der Waals surface area contributed by atoms with Crippen LogP contribution in [0.3, 0.4) is 0 Å². The van der Waals surface area contributed by atoms with E-state index in [0.717, 1.165) is 0 Å². The number of nitrogens with one attached hydrogen (secondary N) is 1. The number of hydrogen-bond donors (Lipinski definition) is 2. The second-order valence-corrected chi connectivity index (χ2v) is 5.10. The van der Waals surface area contributed by atoms with Crippen LogP contribution in [-0.2, 0) is 0 Å². The van der Waals surface area contributed by atoms with Crippen LogP contribution in [0, 0.1) is 5.82 Å². The molecule has 2 N–H and O–H groups in total. The van der Waals surface area contributed by atoms with Gasteiger partial charge in [0.1, 0.15) is 5.82 Å². The highest BCUT2D eigenvalue weighted by molar-refractivity contribution is 9.10. The third-order valence-electron chi connectivity index (χ3n) is 3.15. The van der Waals surface area contributed by atoms with E-state index in [1.165, 1.54) is 17.0 Å². The van der Waals surface area contributed by atoms with E-state index < -0.39 is 11.9 Å². The van der Waals surface area contributed by atoms with Crippen molar-refractivity contribution in [3.8, 4) is 0 Å². The molecule has 18 heavy (non-hydrogen) atoms. The maximum atomic E-state index is 13.4. The molecule has 2 atom stereocenters. The first-order valence-corrected chi connectivity index (χ1v) is 6.41. The average molecular weight is 317 g/mol. The summed E-state index contributed by atoms with van der Waals surface area (Å²) in [5.41, 5.74) is 0.261. The summed E-state index contributed by atoms with van der Waals surface area (Å²) in [5, 5.41) is 12.7. The number of aliphatic hydroxyl groups excluding tert-OH is 1. The van der Waals surface area contributed by atoms with Crippen LogP contribution in [0.15, 0.2) is 22.7 Å². The minimum Gasteiger partial charge on any atom is -0.390 e. The Balaban J connectivity index is 2.23. The lowest BCUT2D eigenvalue weighted by Gasteiger charge is -2.26. The Labute approximate surface area is 113 Å². The highest BCUT2D eigenvalue weighted by Gasteiger charge is 2.32. The van der Waals surface area contributed by atoms with E-state index in [9.17, 15) is 14.3 Å². The van der Waals surface area contributed by atoms with Crippen LogP contribution < -0.4 is 5.32 Å². The molecule has 0 aromatic heterocycles. The minimum atomic E-state index is -0.591. The molecular weight excluding hydrogens is 303 g/mol. The summed E-state index contributed by atoms with van der Waals surface area (Å²) in [6.45, 7) is 1.00. The van der Waals surface area contributed by atoms with Gasteiger partial charge >= 0.3 is 0 Å². The van der Waals surface area contributed by atoms with Crippen molar-refractivity contribution in [3.63, 3.8) is 0 Å². The van der Waals surface area contributed by atoms with Gasteiger partial charge in [0.25, 0.3) is 5.91 Å². The SMILES string of the molecule is CN(C(=O)c1cccc(F)c1Br)[C@@H]1CNC[C@H]1O. The molecule has 0 spiro atoms. The van der Waals surface area contributed by atoms with Gasteiger partial charge in [-0.3, -0.25) is 4.79 Å². The first-order valence-electron chi connectivity index (χ1n) is 5.62. The fourth-order valence-electron chi connectivity index (χ4n) is 2.06. The summed E-state index contributed by atoms with van der Waals surface area (Å²) >= 11 is 3.07. The van der Waals surface area contributed by atoms with Gasteiger partial charge in [-0.2, -0.15) is 0 Å². The van der Waals surface area contributed by atoms with Gasteiger partial charge in [-0.05, 0) is 28.1 Å². The molecule has 4 nitrogen and oxygen atoms in total. The minimum absolute atomic E-state index is 0.155. The quantitative estimate of drug-likeness (QED) is 0.855. The molecule has 1 amide bonds. The zero-order valence-electron chi connectivity index (χ0n) is 9.86. The van der Waals surface area contributed by atoms with Crippen molar-refractivity contribution in [2.75, 3.05) is 20.1 Å². The molecule has 0 unspecified atom stereocenters. The van der Waals surface area contributed by atoms with Crippen LogP contribution in [-0.4, -0.2) is 48.2 Å².